The molecule has 0 aliphatic rings. The van der Waals surface area contributed by atoms with Gasteiger partial charge >= 0.3 is 5.97 Å². The van der Waals surface area contributed by atoms with E-state index < -0.39 is 11.5 Å². The topological polar surface area (TPSA) is 49.3 Å². The molecule has 0 heterocycles. The summed E-state index contributed by atoms with van der Waals surface area (Å²) in [7, 11) is 0. The molecule has 0 saturated carbocycles. The molecular weight excluding hydrogens is 238 g/mol. The number of aliphatic carboxylic acids is 1. The van der Waals surface area contributed by atoms with Gasteiger partial charge in [0.15, 0.2) is 0 Å². The molecule has 0 aromatic heterocycles. The number of hydrogen-bond donors (Lipinski definition) is 2. The average Bonchev–Trinajstić information content (AvgIpc) is 2.21. The fourth-order valence-electron chi connectivity index (χ4n) is 1.96. The molecule has 19 heavy (non-hydrogen) atoms. The normalized spacial score (nSPS) is 12.4. The van der Waals surface area contributed by atoms with Crippen molar-refractivity contribution in [2.24, 2.45) is 0 Å². The number of hydrogen-bond acceptors (Lipinski definition) is 2. The lowest BCUT2D eigenvalue weighted by molar-refractivity contribution is -0.141. The Morgan fingerprint density at radius 2 is 1.47 bits per heavy atom. The van der Waals surface area contributed by atoms with Crippen molar-refractivity contribution in [3.05, 3.63) is 28.8 Å². The molecule has 2 N–H and O–H groups in total. The second-order valence-electron chi connectivity index (χ2n) is 6.79. The highest BCUT2D eigenvalue weighted by Crippen LogP contribution is 2.31. The van der Waals surface area contributed by atoms with Crippen molar-refractivity contribution in [3.8, 4) is 0 Å². The van der Waals surface area contributed by atoms with Crippen molar-refractivity contribution >= 4 is 11.7 Å². The molecule has 1 aromatic rings. The number of rotatable bonds is 3. The number of benzene rings is 1. The molecule has 1 aromatic carbocycles. The minimum absolute atomic E-state index is 0.0936. The molecule has 0 radical (unpaired) electrons. The zero-order chi connectivity index (χ0) is 15.0. The van der Waals surface area contributed by atoms with Gasteiger partial charge in [0, 0.05) is 5.69 Å². The van der Waals surface area contributed by atoms with E-state index in [-0.39, 0.29) is 5.41 Å². The van der Waals surface area contributed by atoms with E-state index in [2.05, 4.69) is 38.2 Å². The van der Waals surface area contributed by atoms with Crippen LogP contribution in [0, 0.1) is 13.8 Å². The van der Waals surface area contributed by atoms with Crippen LogP contribution in [0.2, 0.25) is 0 Å². The summed E-state index contributed by atoms with van der Waals surface area (Å²) in [6.45, 7) is 13.9. The van der Waals surface area contributed by atoms with Gasteiger partial charge in [-0.1, -0.05) is 32.9 Å². The first-order valence-electron chi connectivity index (χ1n) is 6.58. The van der Waals surface area contributed by atoms with Gasteiger partial charge in [-0.05, 0) is 49.8 Å². The molecule has 0 atom stereocenters. The SMILES string of the molecule is Cc1cc(C(C)(C)C)cc(C)c1NC(C)(C)C(=O)O. The summed E-state index contributed by atoms with van der Waals surface area (Å²) in [6.07, 6.45) is 0. The molecule has 3 heteroatoms. The van der Waals surface area contributed by atoms with Crippen molar-refractivity contribution in [1.82, 2.24) is 0 Å². The maximum Gasteiger partial charge on any atom is 0.328 e. The Morgan fingerprint density at radius 1 is 1.05 bits per heavy atom. The number of aryl methyl sites for hydroxylation is 2. The monoisotopic (exact) mass is 263 g/mol. The number of carbonyl (C=O) groups is 1. The van der Waals surface area contributed by atoms with E-state index in [1.54, 1.807) is 13.8 Å². The molecule has 0 saturated heterocycles. The van der Waals surface area contributed by atoms with Gasteiger partial charge in [0.05, 0.1) is 0 Å². The third-order valence-electron chi connectivity index (χ3n) is 3.37. The third-order valence-corrected chi connectivity index (χ3v) is 3.37. The van der Waals surface area contributed by atoms with E-state index in [1.807, 2.05) is 13.8 Å². The average molecular weight is 263 g/mol. The highest BCUT2D eigenvalue weighted by atomic mass is 16.4. The Hall–Kier alpha value is -1.51. The van der Waals surface area contributed by atoms with E-state index in [4.69, 9.17) is 0 Å². The van der Waals surface area contributed by atoms with Crippen molar-refractivity contribution in [3.63, 3.8) is 0 Å². The summed E-state index contributed by atoms with van der Waals surface area (Å²) in [6, 6.07) is 4.26. The predicted molar refractivity (Wildman–Crippen MR) is 80.0 cm³/mol. The van der Waals surface area contributed by atoms with Crippen LogP contribution in [0.1, 0.15) is 51.3 Å². The molecule has 106 valence electrons. The van der Waals surface area contributed by atoms with Crippen LogP contribution in [-0.4, -0.2) is 16.6 Å². The van der Waals surface area contributed by atoms with Crippen LogP contribution in [0.4, 0.5) is 5.69 Å². The van der Waals surface area contributed by atoms with Crippen molar-refractivity contribution in [2.45, 2.75) is 59.4 Å². The summed E-state index contributed by atoms with van der Waals surface area (Å²) in [4.78, 5) is 11.2. The van der Waals surface area contributed by atoms with Gasteiger partial charge < -0.3 is 10.4 Å². The molecule has 0 unspecified atom stereocenters. The van der Waals surface area contributed by atoms with E-state index >= 15 is 0 Å². The quantitative estimate of drug-likeness (QED) is 0.870. The summed E-state index contributed by atoms with van der Waals surface area (Å²) in [5, 5.41) is 12.3. The molecule has 0 amide bonds. The van der Waals surface area contributed by atoms with E-state index in [1.165, 1.54) is 5.56 Å². The van der Waals surface area contributed by atoms with Gasteiger partial charge in [-0.2, -0.15) is 0 Å². The van der Waals surface area contributed by atoms with E-state index in [0.717, 1.165) is 16.8 Å². The Labute approximate surface area is 116 Å². The standard InChI is InChI=1S/C16H25NO2/c1-10-8-12(15(3,4)5)9-11(2)13(10)17-16(6,7)14(18)19/h8-9,17H,1-7H3,(H,18,19). The molecule has 3 nitrogen and oxygen atoms in total. The Kier molecular flexibility index (Phi) is 3.99. The smallest absolute Gasteiger partial charge is 0.328 e. The van der Waals surface area contributed by atoms with Crippen LogP contribution < -0.4 is 5.32 Å². The first-order chi connectivity index (χ1) is 8.45. The zero-order valence-electron chi connectivity index (χ0n) is 13.0. The van der Waals surface area contributed by atoms with Crippen LogP contribution in [0.15, 0.2) is 12.1 Å². The van der Waals surface area contributed by atoms with Crippen LogP contribution in [-0.2, 0) is 10.2 Å². The second-order valence-corrected chi connectivity index (χ2v) is 6.79. The molecule has 1 rings (SSSR count). The van der Waals surface area contributed by atoms with Crippen molar-refractivity contribution in [2.75, 3.05) is 5.32 Å². The summed E-state index contributed by atoms with van der Waals surface area (Å²) in [5.74, 6) is -0.855. The Balaban J connectivity index is 3.22. The Morgan fingerprint density at radius 3 is 1.79 bits per heavy atom. The number of carboxylic acid groups (broad SMARTS) is 1. The second kappa shape index (κ2) is 4.87. The third kappa shape index (κ3) is 3.49. The minimum Gasteiger partial charge on any atom is -0.480 e. The first-order valence-corrected chi connectivity index (χ1v) is 6.58. The van der Waals surface area contributed by atoms with Crippen molar-refractivity contribution in [1.29, 1.82) is 0 Å². The van der Waals surface area contributed by atoms with Gasteiger partial charge in [0.25, 0.3) is 0 Å². The molecule has 0 bridgehead atoms. The first kappa shape index (κ1) is 15.5. The van der Waals surface area contributed by atoms with Crippen molar-refractivity contribution < 1.29 is 9.90 Å². The molecule has 0 fully saturated rings. The lowest BCUT2D eigenvalue weighted by atomic mass is 9.84. The largest absolute Gasteiger partial charge is 0.480 e. The van der Waals surface area contributed by atoms with Gasteiger partial charge in [-0.15, -0.1) is 0 Å². The maximum absolute atomic E-state index is 11.2. The minimum atomic E-state index is -0.973. The summed E-state index contributed by atoms with van der Waals surface area (Å²) < 4.78 is 0. The molecule has 0 aliphatic carbocycles. The predicted octanol–water partition coefficient (Wildman–Crippen LogP) is 3.88. The van der Waals surface area contributed by atoms with Gasteiger partial charge in [-0.3, -0.25) is 0 Å². The van der Waals surface area contributed by atoms with Crippen LogP contribution in [0.5, 0.6) is 0 Å². The van der Waals surface area contributed by atoms with E-state index in [0.29, 0.717) is 0 Å². The highest BCUT2D eigenvalue weighted by molar-refractivity contribution is 5.82. The number of anilines is 1. The molecular formula is C16H25NO2. The van der Waals surface area contributed by atoms with Crippen LogP contribution >= 0.6 is 0 Å². The summed E-state index contributed by atoms with van der Waals surface area (Å²) in [5.41, 5.74) is 3.47. The summed E-state index contributed by atoms with van der Waals surface area (Å²) >= 11 is 0. The molecule has 0 spiro atoms. The maximum atomic E-state index is 11.2. The van der Waals surface area contributed by atoms with E-state index in [9.17, 15) is 9.90 Å². The zero-order valence-corrected chi connectivity index (χ0v) is 13.0. The lowest BCUT2D eigenvalue weighted by Gasteiger charge is -2.27. The highest BCUT2D eigenvalue weighted by Gasteiger charge is 2.28. The number of carboxylic acids is 1. The van der Waals surface area contributed by atoms with Crippen LogP contribution in [0.3, 0.4) is 0 Å². The lowest BCUT2D eigenvalue weighted by Crippen LogP contribution is -2.40. The van der Waals surface area contributed by atoms with Gasteiger partial charge in [0.1, 0.15) is 5.54 Å². The Bertz CT molecular complexity index is 473. The fourth-order valence-corrected chi connectivity index (χ4v) is 1.96. The van der Waals surface area contributed by atoms with Gasteiger partial charge in [0.2, 0.25) is 0 Å². The fraction of sp³-hybridized carbons (Fsp3) is 0.562. The molecule has 0 aliphatic heterocycles. The number of nitrogens with one attached hydrogen (secondary N) is 1. The van der Waals surface area contributed by atoms with Crippen LogP contribution in [0.25, 0.3) is 0 Å². The van der Waals surface area contributed by atoms with Gasteiger partial charge in [-0.25, -0.2) is 4.79 Å².